The van der Waals surface area contributed by atoms with Crippen molar-refractivity contribution in [1.82, 2.24) is 19.5 Å². The van der Waals surface area contributed by atoms with E-state index in [-0.39, 0.29) is 11.9 Å². The minimum atomic E-state index is -0.0938. The third-order valence-electron chi connectivity index (χ3n) is 4.46. The summed E-state index contributed by atoms with van der Waals surface area (Å²) in [7, 11) is 0. The van der Waals surface area contributed by atoms with Gasteiger partial charge < -0.3 is 9.52 Å². The number of thiazole rings is 1. The van der Waals surface area contributed by atoms with Gasteiger partial charge in [-0.2, -0.15) is 9.61 Å². The Kier molecular flexibility index (Phi) is 3.61. The molecule has 3 unspecified atom stereocenters. The molecule has 0 radical (unpaired) electrons. The van der Waals surface area contributed by atoms with Crippen LogP contribution in [0, 0.1) is 11.8 Å². The lowest BCUT2D eigenvalue weighted by Gasteiger charge is -2.38. The van der Waals surface area contributed by atoms with Gasteiger partial charge in [0.2, 0.25) is 10.8 Å². The Morgan fingerprint density at radius 2 is 2.13 bits per heavy atom. The van der Waals surface area contributed by atoms with E-state index in [1.165, 1.54) is 28.6 Å². The van der Waals surface area contributed by atoms with Crippen molar-refractivity contribution in [2.24, 2.45) is 11.8 Å². The quantitative estimate of drug-likeness (QED) is 0.798. The highest BCUT2D eigenvalue weighted by atomic mass is 32.1. The fraction of sp³-hybridized carbons (Fsp3) is 0.500. The van der Waals surface area contributed by atoms with Crippen LogP contribution in [0.3, 0.4) is 0 Å². The molecule has 3 atom stereocenters. The molecule has 6 nitrogen and oxygen atoms in total. The maximum absolute atomic E-state index is 10.6. The molecule has 1 saturated heterocycles. The highest BCUT2D eigenvalue weighted by Crippen LogP contribution is 2.41. The van der Waals surface area contributed by atoms with E-state index in [0.717, 1.165) is 23.7 Å². The molecule has 3 aromatic rings. The minimum Gasteiger partial charge on any atom is -0.492 e. The van der Waals surface area contributed by atoms with E-state index >= 15 is 0 Å². The number of aromatic hydroxyl groups is 1. The molecule has 0 aliphatic carbocycles. The normalized spacial score (nSPS) is 24.3. The molecule has 122 valence electrons. The number of piperidine rings is 1. The summed E-state index contributed by atoms with van der Waals surface area (Å²) in [6, 6.07) is 3.78. The van der Waals surface area contributed by atoms with Crippen LogP contribution in [-0.4, -0.2) is 37.7 Å². The third-order valence-corrected chi connectivity index (χ3v) is 5.55. The minimum absolute atomic E-state index is 0.0938. The maximum atomic E-state index is 10.6. The van der Waals surface area contributed by atoms with Gasteiger partial charge in [-0.25, -0.2) is 4.98 Å². The molecule has 0 aromatic carbocycles. The van der Waals surface area contributed by atoms with Crippen LogP contribution in [0.2, 0.25) is 0 Å². The van der Waals surface area contributed by atoms with Gasteiger partial charge in [-0.1, -0.05) is 25.2 Å². The van der Waals surface area contributed by atoms with Crippen molar-refractivity contribution in [2.75, 3.05) is 13.1 Å². The molecule has 7 heteroatoms. The van der Waals surface area contributed by atoms with Crippen LogP contribution in [-0.2, 0) is 0 Å². The number of fused-ring (bicyclic) bond motifs is 1. The van der Waals surface area contributed by atoms with Crippen LogP contribution in [0.5, 0.6) is 5.88 Å². The third kappa shape index (κ3) is 2.53. The maximum Gasteiger partial charge on any atom is 0.230 e. The number of hydrogen-bond donors (Lipinski definition) is 1. The van der Waals surface area contributed by atoms with Gasteiger partial charge in [-0.15, -0.1) is 0 Å². The Balaban J connectivity index is 1.79. The van der Waals surface area contributed by atoms with Crippen molar-refractivity contribution in [3.63, 3.8) is 0 Å². The smallest absolute Gasteiger partial charge is 0.230 e. The van der Waals surface area contributed by atoms with E-state index in [1.54, 1.807) is 6.26 Å². The summed E-state index contributed by atoms with van der Waals surface area (Å²) < 4.78 is 7.20. The molecule has 0 bridgehead atoms. The van der Waals surface area contributed by atoms with E-state index < -0.39 is 0 Å². The van der Waals surface area contributed by atoms with E-state index in [4.69, 9.17) is 4.42 Å². The van der Waals surface area contributed by atoms with Crippen LogP contribution >= 0.6 is 11.3 Å². The Hall–Kier alpha value is -1.86. The van der Waals surface area contributed by atoms with Gasteiger partial charge in [0.25, 0.3) is 0 Å². The predicted octanol–water partition coefficient (Wildman–Crippen LogP) is 3.16. The SMILES string of the molecule is CC1CC(C)CN(C(c2ccco2)c2sc3ncnn3c2O)C1. The van der Waals surface area contributed by atoms with Crippen molar-refractivity contribution in [2.45, 2.75) is 26.3 Å². The summed E-state index contributed by atoms with van der Waals surface area (Å²) in [6.45, 7) is 6.54. The molecule has 4 heterocycles. The first-order chi connectivity index (χ1) is 11.1. The fourth-order valence-corrected chi connectivity index (χ4v) is 4.79. The zero-order valence-electron chi connectivity index (χ0n) is 13.2. The molecular formula is C16H20N4O2S. The van der Waals surface area contributed by atoms with Gasteiger partial charge in [-0.3, -0.25) is 4.90 Å². The van der Waals surface area contributed by atoms with Crippen LogP contribution in [0.1, 0.15) is 36.9 Å². The van der Waals surface area contributed by atoms with E-state index in [1.807, 2.05) is 12.1 Å². The Labute approximate surface area is 138 Å². The predicted molar refractivity (Wildman–Crippen MR) is 87.6 cm³/mol. The van der Waals surface area contributed by atoms with Crippen molar-refractivity contribution in [3.8, 4) is 5.88 Å². The Bertz CT molecular complexity index is 784. The lowest BCUT2D eigenvalue weighted by molar-refractivity contribution is 0.102. The molecule has 1 N–H and O–H groups in total. The molecule has 4 rings (SSSR count). The number of nitrogens with zero attached hydrogens (tertiary/aromatic N) is 4. The van der Waals surface area contributed by atoms with Gasteiger partial charge in [0, 0.05) is 13.1 Å². The summed E-state index contributed by atoms with van der Waals surface area (Å²) in [5.41, 5.74) is 0. The summed E-state index contributed by atoms with van der Waals surface area (Å²) in [5, 5.41) is 14.7. The molecule has 0 saturated carbocycles. The standard InChI is InChI=1S/C16H20N4O2S/c1-10-6-11(2)8-19(7-10)13(12-4-3-5-22-12)14-15(21)20-16(23-14)17-9-18-20/h3-5,9-11,13,21H,6-8H2,1-2H3. The van der Waals surface area contributed by atoms with Gasteiger partial charge in [0.1, 0.15) is 18.1 Å². The zero-order chi connectivity index (χ0) is 16.0. The first-order valence-corrected chi connectivity index (χ1v) is 8.74. The Morgan fingerprint density at radius 1 is 1.35 bits per heavy atom. The van der Waals surface area contributed by atoms with Gasteiger partial charge in [0.15, 0.2) is 0 Å². The van der Waals surface area contributed by atoms with Gasteiger partial charge in [-0.05, 0) is 30.4 Å². The van der Waals surface area contributed by atoms with Crippen LogP contribution in [0.15, 0.2) is 29.1 Å². The highest BCUT2D eigenvalue weighted by molar-refractivity contribution is 7.17. The summed E-state index contributed by atoms with van der Waals surface area (Å²) in [5.74, 6) is 2.27. The average molecular weight is 332 g/mol. The second kappa shape index (κ2) is 5.65. The van der Waals surface area contributed by atoms with Crippen molar-refractivity contribution < 1.29 is 9.52 Å². The van der Waals surface area contributed by atoms with Crippen molar-refractivity contribution in [3.05, 3.63) is 35.4 Å². The summed E-state index contributed by atoms with van der Waals surface area (Å²) in [6.07, 6.45) is 4.39. The second-order valence-electron chi connectivity index (χ2n) is 6.56. The number of rotatable bonds is 3. The lowest BCUT2D eigenvalue weighted by Crippen LogP contribution is -2.41. The lowest BCUT2D eigenvalue weighted by atomic mass is 9.90. The second-order valence-corrected chi connectivity index (χ2v) is 7.57. The topological polar surface area (TPSA) is 66.8 Å². The molecular weight excluding hydrogens is 312 g/mol. The van der Waals surface area contributed by atoms with Crippen LogP contribution in [0.25, 0.3) is 4.96 Å². The van der Waals surface area contributed by atoms with Crippen LogP contribution < -0.4 is 0 Å². The molecule has 0 spiro atoms. The monoisotopic (exact) mass is 332 g/mol. The molecule has 3 aromatic heterocycles. The van der Waals surface area contributed by atoms with Crippen molar-refractivity contribution >= 4 is 16.3 Å². The molecule has 1 aliphatic heterocycles. The number of aromatic nitrogens is 3. The first kappa shape index (κ1) is 14.7. The first-order valence-electron chi connectivity index (χ1n) is 7.92. The van der Waals surface area contributed by atoms with E-state index in [2.05, 4.69) is 28.8 Å². The summed E-state index contributed by atoms with van der Waals surface area (Å²) in [4.78, 5) is 8.15. The number of hydrogen-bond acceptors (Lipinski definition) is 6. The molecule has 0 amide bonds. The van der Waals surface area contributed by atoms with E-state index in [9.17, 15) is 5.11 Å². The highest BCUT2D eigenvalue weighted by Gasteiger charge is 2.34. The number of likely N-dealkylation sites (tertiary alicyclic amines) is 1. The largest absolute Gasteiger partial charge is 0.492 e. The zero-order valence-corrected chi connectivity index (χ0v) is 14.0. The van der Waals surface area contributed by atoms with Crippen LogP contribution in [0.4, 0.5) is 0 Å². The number of furan rings is 1. The summed E-state index contributed by atoms with van der Waals surface area (Å²) >= 11 is 1.47. The van der Waals surface area contributed by atoms with E-state index in [0.29, 0.717) is 16.8 Å². The van der Waals surface area contributed by atoms with Gasteiger partial charge >= 0.3 is 0 Å². The average Bonchev–Trinajstić information content (AvgIpc) is 3.20. The molecule has 1 aliphatic rings. The van der Waals surface area contributed by atoms with Gasteiger partial charge in [0.05, 0.1) is 11.1 Å². The Morgan fingerprint density at radius 3 is 2.78 bits per heavy atom. The molecule has 1 fully saturated rings. The fourth-order valence-electron chi connectivity index (χ4n) is 3.72. The van der Waals surface area contributed by atoms with Crippen molar-refractivity contribution in [1.29, 1.82) is 0 Å². The molecule has 23 heavy (non-hydrogen) atoms.